The zero-order chi connectivity index (χ0) is 20.5. The number of hydrogen-bond acceptors (Lipinski definition) is 5. The Morgan fingerprint density at radius 2 is 1.90 bits per heavy atom. The molecule has 0 saturated heterocycles. The Hall–Kier alpha value is -2.70. The molecule has 29 heavy (non-hydrogen) atoms. The molecule has 0 aliphatic heterocycles. The molecule has 0 saturated carbocycles. The van der Waals surface area contributed by atoms with Crippen LogP contribution in [0.25, 0.3) is 0 Å². The van der Waals surface area contributed by atoms with Crippen molar-refractivity contribution in [2.45, 2.75) is 39.2 Å². The van der Waals surface area contributed by atoms with E-state index in [0.29, 0.717) is 23.7 Å². The van der Waals surface area contributed by atoms with Gasteiger partial charge in [-0.3, -0.25) is 10.1 Å². The van der Waals surface area contributed by atoms with E-state index in [1.165, 1.54) is 35.4 Å². The number of para-hydroxylation sites is 1. The average molecular weight is 410 g/mol. The van der Waals surface area contributed by atoms with Gasteiger partial charge in [0.15, 0.2) is 5.13 Å². The minimum absolute atomic E-state index is 0.0513. The van der Waals surface area contributed by atoms with E-state index in [9.17, 15) is 4.79 Å². The Balaban J connectivity index is 1.56. The van der Waals surface area contributed by atoms with Crippen LogP contribution in [0.4, 0.5) is 10.8 Å². The Kier molecular flexibility index (Phi) is 7.78. The first-order valence-corrected chi connectivity index (χ1v) is 10.8. The number of unbranched alkanes of at least 4 members (excludes halogenated alkanes) is 1. The Morgan fingerprint density at radius 1 is 1.10 bits per heavy atom. The lowest BCUT2D eigenvalue weighted by Crippen LogP contribution is -2.12. The molecule has 0 aliphatic rings. The lowest BCUT2D eigenvalue weighted by Gasteiger charge is -2.12. The number of carbonyl (C=O) groups is 1. The van der Waals surface area contributed by atoms with Crippen molar-refractivity contribution in [3.63, 3.8) is 0 Å². The molecule has 1 amide bonds. The number of rotatable bonds is 10. The molecule has 3 rings (SSSR count). The van der Waals surface area contributed by atoms with Crippen LogP contribution in [0.3, 0.4) is 0 Å². The van der Waals surface area contributed by atoms with Crippen LogP contribution in [0.5, 0.6) is 0 Å². The summed E-state index contributed by atoms with van der Waals surface area (Å²) in [4.78, 5) is 16.7. The van der Waals surface area contributed by atoms with E-state index in [1.54, 1.807) is 0 Å². The predicted molar refractivity (Wildman–Crippen MR) is 120 cm³/mol. The number of aryl methyl sites for hydroxylation is 1. The highest BCUT2D eigenvalue weighted by Crippen LogP contribution is 2.19. The molecule has 0 fully saturated rings. The second kappa shape index (κ2) is 10.7. The molecule has 3 N–H and O–H groups in total. The molecule has 5 nitrogen and oxygen atoms in total. The fourth-order valence-electron chi connectivity index (χ4n) is 3.01. The van der Waals surface area contributed by atoms with Crippen molar-refractivity contribution in [3.8, 4) is 0 Å². The molecule has 2 aromatic carbocycles. The number of thiazole rings is 1. The van der Waals surface area contributed by atoms with Crippen molar-refractivity contribution in [3.05, 3.63) is 76.3 Å². The van der Waals surface area contributed by atoms with E-state index in [-0.39, 0.29) is 12.5 Å². The van der Waals surface area contributed by atoms with Gasteiger partial charge in [-0.2, -0.15) is 0 Å². The lowest BCUT2D eigenvalue weighted by atomic mass is 10.1. The number of amides is 1. The van der Waals surface area contributed by atoms with Crippen LogP contribution in [-0.2, 0) is 19.4 Å². The maximum absolute atomic E-state index is 12.4. The summed E-state index contributed by atoms with van der Waals surface area (Å²) in [5.74, 6) is -0.181. The highest BCUT2D eigenvalue weighted by atomic mass is 32.1. The summed E-state index contributed by atoms with van der Waals surface area (Å²) in [5.41, 5.74) is 5.01. The van der Waals surface area contributed by atoms with E-state index in [2.05, 4.69) is 46.8 Å². The summed E-state index contributed by atoms with van der Waals surface area (Å²) in [7, 11) is 0. The summed E-state index contributed by atoms with van der Waals surface area (Å²) >= 11 is 1.36. The van der Waals surface area contributed by atoms with Gasteiger partial charge in [0.05, 0.1) is 5.69 Å². The zero-order valence-corrected chi connectivity index (χ0v) is 17.5. The van der Waals surface area contributed by atoms with Crippen molar-refractivity contribution < 1.29 is 9.90 Å². The highest BCUT2D eigenvalue weighted by Gasteiger charge is 2.09. The van der Waals surface area contributed by atoms with Crippen molar-refractivity contribution in [2.24, 2.45) is 0 Å². The molecule has 1 heterocycles. The minimum atomic E-state index is -0.181. The summed E-state index contributed by atoms with van der Waals surface area (Å²) in [6.45, 7) is 2.97. The number of aliphatic hydroxyl groups is 1. The Morgan fingerprint density at radius 3 is 2.66 bits per heavy atom. The van der Waals surface area contributed by atoms with Crippen LogP contribution < -0.4 is 10.6 Å². The van der Waals surface area contributed by atoms with Crippen LogP contribution in [0.2, 0.25) is 0 Å². The quantitative estimate of drug-likeness (QED) is 0.446. The molecule has 152 valence electrons. The molecule has 0 aliphatic carbocycles. The minimum Gasteiger partial charge on any atom is -0.396 e. The number of benzene rings is 2. The molecule has 6 heteroatoms. The molecular weight excluding hydrogens is 382 g/mol. The monoisotopic (exact) mass is 409 g/mol. The van der Waals surface area contributed by atoms with Gasteiger partial charge in [-0.25, -0.2) is 4.98 Å². The zero-order valence-electron chi connectivity index (χ0n) is 16.6. The summed E-state index contributed by atoms with van der Waals surface area (Å²) in [6, 6.07) is 16.0. The van der Waals surface area contributed by atoms with Crippen LogP contribution in [0.15, 0.2) is 53.9 Å². The standard InChI is InChI=1S/C23H27N3O2S/c1-2-3-6-18-7-4-5-8-21(18)24-15-17-9-11-19(12-10-17)22(28)26-23-25-20(13-14-27)16-29-23/h4-5,7-12,16,24,27H,2-3,6,13-15H2,1H3,(H,25,26,28). The first-order valence-electron chi connectivity index (χ1n) is 9.97. The van der Waals surface area contributed by atoms with Crippen LogP contribution in [0, 0.1) is 0 Å². The molecular formula is C23H27N3O2S. The average Bonchev–Trinajstić information content (AvgIpc) is 3.18. The first-order chi connectivity index (χ1) is 14.2. The first kappa shape index (κ1) is 21.0. The number of anilines is 2. The third-order valence-electron chi connectivity index (χ3n) is 4.66. The van der Waals surface area contributed by atoms with Crippen LogP contribution in [-0.4, -0.2) is 22.6 Å². The van der Waals surface area contributed by atoms with Crippen molar-refractivity contribution >= 4 is 28.1 Å². The number of aromatic nitrogens is 1. The van der Waals surface area contributed by atoms with E-state index in [4.69, 9.17) is 5.11 Å². The fraction of sp³-hybridized carbons (Fsp3) is 0.304. The van der Waals surface area contributed by atoms with Gasteiger partial charge in [-0.15, -0.1) is 11.3 Å². The van der Waals surface area contributed by atoms with Gasteiger partial charge < -0.3 is 10.4 Å². The molecule has 0 bridgehead atoms. The molecule has 1 aromatic heterocycles. The van der Waals surface area contributed by atoms with E-state index < -0.39 is 0 Å². The van der Waals surface area contributed by atoms with Gasteiger partial charge in [0.2, 0.25) is 0 Å². The van der Waals surface area contributed by atoms with Gasteiger partial charge >= 0.3 is 0 Å². The predicted octanol–water partition coefficient (Wildman–Crippen LogP) is 4.88. The summed E-state index contributed by atoms with van der Waals surface area (Å²) < 4.78 is 0. The van der Waals surface area contributed by atoms with Gasteiger partial charge in [-0.05, 0) is 42.2 Å². The molecule has 3 aromatic rings. The van der Waals surface area contributed by atoms with Crippen molar-refractivity contribution in [2.75, 3.05) is 17.2 Å². The van der Waals surface area contributed by atoms with E-state index >= 15 is 0 Å². The van der Waals surface area contributed by atoms with E-state index in [1.807, 2.05) is 29.6 Å². The lowest BCUT2D eigenvalue weighted by molar-refractivity contribution is 0.102. The number of carbonyl (C=O) groups excluding carboxylic acids is 1. The number of nitrogens with one attached hydrogen (secondary N) is 2. The third-order valence-corrected chi connectivity index (χ3v) is 5.46. The maximum atomic E-state index is 12.4. The summed E-state index contributed by atoms with van der Waals surface area (Å²) in [5, 5.41) is 17.7. The Bertz CT molecular complexity index is 922. The smallest absolute Gasteiger partial charge is 0.257 e. The van der Waals surface area contributed by atoms with Gasteiger partial charge in [0.25, 0.3) is 5.91 Å². The molecule has 0 atom stereocenters. The van der Waals surface area contributed by atoms with Gasteiger partial charge in [0, 0.05) is 36.2 Å². The molecule has 0 spiro atoms. The number of nitrogens with zero attached hydrogens (tertiary/aromatic N) is 1. The SMILES string of the molecule is CCCCc1ccccc1NCc1ccc(C(=O)Nc2nc(CCO)cs2)cc1. The fourth-order valence-corrected chi connectivity index (χ4v) is 3.75. The van der Waals surface area contributed by atoms with E-state index in [0.717, 1.165) is 17.7 Å². The molecule has 0 radical (unpaired) electrons. The molecule has 0 unspecified atom stereocenters. The highest BCUT2D eigenvalue weighted by molar-refractivity contribution is 7.14. The van der Waals surface area contributed by atoms with Crippen LogP contribution >= 0.6 is 11.3 Å². The second-order valence-electron chi connectivity index (χ2n) is 6.88. The van der Waals surface area contributed by atoms with Gasteiger partial charge in [-0.1, -0.05) is 43.7 Å². The van der Waals surface area contributed by atoms with Crippen LogP contribution in [0.1, 0.15) is 46.9 Å². The van der Waals surface area contributed by atoms with Crippen molar-refractivity contribution in [1.29, 1.82) is 0 Å². The van der Waals surface area contributed by atoms with Gasteiger partial charge in [0.1, 0.15) is 0 Å². The topological polar surface area (TPSA) is 74.2 Å². The largest absolute Gasteiger partial charge is 0.396 e. The van der Waals surface area contributed by atoms with Crippen molar-refractivity contribution in [1.82, 2.24) is 4.98 Å². The maximum Gasteiger partial charge on any atom is 0.257 e. The third kappa shape index (κ3) is 6.14. The normalized spacial score (nSPS) is 10.7. The summed E-state index contributed by atoms with van der Waals surface area (Å²) in [6.07, 6.45) is 3.94. The Labute approximate surface area is 175 Å². The number of hydrogen-bond donors (Lipinski definition) is 3. The second-order valence-corrected chi connectivity index (χ2v) is 7.74. The number of aliphatic hydroxyl groups excluding tert-OH is 1.